The summed E-state index contributed by atoms with van der Waals surface area (Å²) < 4.78 is 6.75. The van der Waals surface area contributed by atoms with Crippen molar-refractivity contribution in [3.8, 4) is 0 Å². The lowest BCUT2D eigenvalue weighted by molar-refractivity contribution is 0.562. The highest BCUT2D eigenvalue weighted by atomic mass is 32.2. The molecule has 4 rings (SSSR count). The molecule has 6 nitrogen and oxygen atoms in total. The molecule has 0 fully saturated rings. The largest absolute Gasteiger partial charge is 0.443 e. The van der Waals surface area contributed by atoms with Crippen molar-refractivity contribution in [3.05, 3.63) is 34.9 Å². The van der Waals surface area contributed by atoms with Crippen molar-refractivity contribution >= 4 is 50.2 Å². The third kappa shape index (κ3) is 2.43. The molecular weight excluding hydrogens is 330 g/mol. The molecule has 0 saturated carbocycles. The first-order valence-electron chi connectivity index (χ1n) is 6.96. The predicted molar refractivity (Wildman–Crippen MR) is 92.7 cm³/mol. The number of thiophene rings is 1. The molecular formula is C15H13N5OS2. The Morgan fingerprint density at radius 1 is 1.26 bits per heavy atom. The highest BCUT2D eigenvalue weighted by molar-refractivity contribution is 7.98. The van der Waals surface area contributed by atoms with E-state index < -0.39 is 0 Å². The molecule has 0 unspecified atom stereocenters. The van der Waals surface area contributed by atoms with Crippen LogP contribution in [0.15, 0.2) is 27.2 Å². The van der Waals surface area contributed by atoms with Crippen LogP contribution in [-0.4, -0.2) is 19.9 Å². The van der Waals surface area contributed by atoms with Crippen LogP contribution in [0.25, 0.3) is 21.3 Å². The van der Waals surface area contributed by atoms with Gasteiger partial charge in [-0.25, -0.2) is 15.0 Å². The van der Waals surface area contributed by atoms with Crippen molar-refractivity contribution < 1.29 is 4.42 Å². The molecule has 4 aromatic rings. The lowest BCUT2D eigenvalue weighted by Crippen LogP contribution is -1.99. The number of nitrogens with two attached hydrogens (primary N) is 1. The van der Waals surface area contributed by atoms with E-state index in [0.29, 0.717) is 23.1 Å². The number of hydrogen-bond acceptors (Lipinski definition) is 8. The van der Waals surface area contributed by atoms with E-state index in [1.54, 1.807) is 29.4 Å². The van der Waals surface area contributed by atoms with E-state index >= 15 is 0 Å². The zero-order valence-corrected chi connectivity index (χ0v) is 14.2. The third-order valence-electron chi connectivity index (χ3n) is 3.65. The van der Waals surface area contributed by atoms with Crippen LogP contribution >= 0.6 is 23.1 Å². The van der Waals surface area contributed by atoms with E-state index in [0.717, 1.165) is 32.0 Å². The smallest absolute Gasteiger partial charge is 0.231 e. The van der Waals surface area contributed by atoms with Gasteiger partial charge in [0.15, 0.2) is 0 Å². The van der Waals surface area contributed by atoms with E-state index in [4.69, 9.17) is 10.2 Å². The fraction of sp³-hybridized carbons (Fsp3) is 0.200. The summed E-state index contributed by atoms with van der Waals surface area (Å²) >= 11 is 3.20. The molecule has 4 heterocycles. The molecule has 0 aromatic carbocycles. The molecule has 8 heteroatoms. The summed E-state index contributed by atoms with van der Waals surface area (Å²) in [5.74, 6) is 2.49. The van der Waals surface area contributed by atoms with Crippen LogP contribution in [0.4, 0.5) is 5.82 Å². The summed E-state index contributed by atoms with van der Waals surface area (Å²) in [7, 11) is 0. The number of furan rings is 1. The Kier molecular flexibility index (Phi) is 3.42. The normalized spacial score (nSPS) is 11.6. The lowest BCUT2D eigenvalue weighted by atomic mass is 10.2. The summed E-state index contributed by atoms with van der Waals surface area (Å²) in [6.07, 6.45) is 1.58. The van der Waals surface area contributed by atoms with E-state index in [9.17, 15) is 0 Å². The fourth-order valence-corrected chi connectivity index (χ4v) is 4.19. The summed E-state index contributed by atoms with van der Waals surface area (Å²) in [5.41, 5.74) is 8.57. The summed E-state index contributed by atoms with van der Waals surface area (Å²) in [6, 6.07) is 1.99. The zero-order chi connectivity index (χ0) is 16.0. The van der Waals surface area contributed by atoms with E-state index in [1.807, 2.05) is 25.3 Å². The van der Waals surface area contributed by atoms with Crippen molar-refractivity contribution in [1.29, 1.82) is 0 Å². The Balaban J connectivity index is 1.67. The maximum absolute atomic E-state index is 6.07. The van der Waals surface area contributed by atoms with Crippen molar-refractivity contribution in [2.45, 2.75) is 24.6 Å². The molecule has 0 atom stereocenters. The van der Waals surface area contributed by atoms with Gasteiger partial charge in [-0.3, -0.25) is 0 Å². The average Bonchev–Trinajstić information content (AvgIpc) is 3.11. The number of aryl methyl sites for hydroxylation is 2. The van der Waals surface area contributed by atoms with Gasteiger partial charge in [0.05, 0.1) is 21.4 Å². The lowest BCUT2D eigenvalue weighted by Gasteiger charge is -2.03. The molecule has 0 radical (unpaired) electrons. The van der Waals surface area contributed by atoms with Gasteiger partial charge >= 0.3 is 0 Å². The van der Waals surface area contributed by atoms with E-state index in [1.165, 1.54) is 0 Å². The van der Waals surface area contributed by atoms with Gasteiger partial charge in [-0.15, -0.1) is 11.3 Å². The van der Waals surface area contributed by atoms with Gasteiger partial charge in [-0.2, -0.15) is 4.98 Å². The summed E-state index contributed by atoms with van der Waals surface area (Å²) in [6.45, 7) is 3.86. The van der Waals surface area contributed by atoms with Gasteiger partial charge < -0.3 is 10.2 Å². The summed E-state index contributed by atoms with van der Waals surface area (Å²) in [4.78, 5) is 17.5. The van der Waals surface area contributed by atoms with Crippen LogP contribution in [0.2, 0.25) is 0 Å². The SMILES string of the molecule is Cc1oc2nc(CSc3ncnc4ccsc34)nc(N)c2c1C. The first-order valence-corrected chi connectivity index (χ1v) is 8.83. The Labute approximate surface area is 140 Å². The molecule has 0 amide bonds. The molecule has 23 heavy (non-hydrogen) atoms. The number of nitrogens with zero attached hydrogens (tertiary/aromatic N) is 4. The first kappa shape index (κ1) is 14.4. The summed E-state index contributed by atoms with van der Waals surface area (Å²) in [5, 5.41) is 3.75. The number of thioether (sulfide) groups is 1. The highest BCUT2D eigenvalue weighted by Crippen LogP contribution is 2.32. The number of anilines is 1. The second-order valence-electron chi connectivity index (χ2n) is 5.09. The zero-order valence-electron chi connectivity index (χ0n) is 12.5. The van der Waals surface area contributed by atoms with Gasteiger partial charge in [0.1, 0.15) is 28.8 Å². The number of fused-ring (bicyclic) bond motifs is 2. The van der Waals surface area contributed by atoms with E-state index in [2.05, 4.69) is 19.9 Å². The number of nitrogen functional groups attached to an aromatic ring is 1. The minimum Gasteiger partial charge on any atom is -0.443 e. The third-order valence-corrected chi connectivity index (χ3v) is 5.68. The standard InChI is InChI=1S/C15H13N5OS2/c1-7-8(2)21-14-11(7)13(16)19-10(20-14)5-23-15-12-9(3-4-22-12)17-6-18-15/h3-4,6H,5H2,1-2H3,(H2,16,19,20). The van der Waals surface area contributed by atoms with Gasteiger partial charge in [0.25, 0.3) is 0 Å². The van der Waals surface area contributed by atoms with E-state index in [-0.39, 0.29) is 0 Å². The molecule has 0 aliphatic rings. The molecule has 0 aliphatic carbocycles. The number of hydrogen-bond donors (Lipinski definition) is 1. The van der Waals surface area contributed by atoms with Crippen molar-refractivity contribution in [2.24, 2.45) is 0 Å². The van der Waals surface area contributed by atoms with Crippen LogP contribution in [0.5, 0.6) is 0 Å². The fourth-order valence-electron chi connectivity index (χ4n) is 2.39. The molecule has 4 aromatic heterocycles. The average molecular weight is 343 g/mol. The minimum absolute atomic E-state index is 0.462. The van der Waals surface area contributed by atoms with Gasteiger partial charge in [-0.05, 0) is 25.3 Å². The number of rotatable bonds is 3. The predicted octanol–water partition coefficient (Wildman–Crippen LogP) is 3.72. The van der Waals surface area contributed by atoms with Crippen LogP contribution in [0.1, 0.15) is 17.1 Å². The topological polar surface area (TPSA) is 90.7 Å². The maximum atomic E-state index is 6.07. The van der Waals surface area contributed by atoms with Gasteiger partial charge in [0.2, 0.25) is 5.71 Å². The molecule has 2 N–H and O–H groups in total. The minimum atomic E-state index is 0.462. The first-order chi connectivity index (χ1) is 11.1. The Morgan fingerprint density at radius 2 is 2.13 bits per heavy atom. The molecule has 0 saturated heterocycles. The maximum Gasteiger partial charge on any atom is 0.231 e. The van der Waals surface area contributed by atoms with Gasteiger partial charge in [-0.1, -0.05) is 11.8 Å². The van der Waals surface area contributed by atoms with Crippen molar-refractivity contribution in [3.63, 3.8) is 0 Å². The highest BCUT2D eigenvalue weighted by Gasteiger charge is 2.15. The number of aromatic nitrogens is 4. The van der Waals surface area contributed by atoms with Crippen molar-refractivity contribution in [1.82, 2.24) is 19.9 Å². The second kappa shape index (κ2) is 5.47. The molecule has 0 bridgehead atoms. The molecule has 116 valence electrons. The van der Waals surface area contributed by atoms with Crippen LogP contribution in [0.3, 0.4) is 0 Å². The Morgan fingerprint density at radius 3 is 3.00 bits per heavy atom. The molecule has 0 aliphatic heterocycles. The second-order valence-corrected chi connectivity index (χ2v) is 6.97. The Bertz CT molecular complexity index is 1020. The van der Waals surface area contributed by atoms with Crippen LogP contribution < -0.4 is 5.73 Å². The van der Waals surface area contributed by atoms with Crippen LogP contribution in [0, 0.1) is 13.8 Å². The molecule has 0 spiro atoms. The van der Waals surface area contributed by atoms with Gasteiger partial charge in [0, 0.05) is 5.56 Å². The quantitative estimate of drug-likeness (QED) is 0.448. The Hall–Kier alpha value is -2.19. The monoisotopic (exact) mass is 343 g/mol. The van der Waals surface area contributed by atoms with Crippen LogP contribution in [-0.2, 0) is 5.75 Å². The van der Waals surface area contributed by atoms with Crippen molar-refractivity contribution in [2.75, 3.05) is 5.73 Å².